The van der Waals surface area contributed by atoms with E-state index in [0.717, 1.165) is 56.5 Å². The molecule has 4 aromatic carbocycles. The first-order chi connectivity index (χ1) is 20.9. The molecule has 0 saturated carbocycles. The number of anilines is 2. The Bertz CT molecular complexity index is 1920. The Morgan fingerprint density at radius 2 is 1.53 bits per heavy atom. The van der Waals surface area contributed by atoms with Crippen molar-refractivity contribution in [2.75, 3.05) is 17.3 Å². The molecule has 43 heavy (non-hydrogen) atoms. The first-order valence-electron chi connectivity index (χ1n) is 14.2. The summed E-state index contributed by atoms with van der Waals surface area (Å²) in [5.74, 6) is 1.70. The molecule has 0 saturated heterocycles. The zero-order valence-corrected chi connectivity index (χ0v) is 24.4. The first-order valence-corrected chi connectivity index (χ1v) is 14.2. The van der Waals surface area contributed by atoms with Crippen LogP contribution in [-0.2, 0) is 4.74 Å². The molecule has 212 valence electrons. The van der Waals surface area contributed by atoms with Gasteiger partial charge in [0.1, 0.15) is 0 Å². The largest absolute Gasteiger partial charge is 0.465 e. The summed E-state index contributed by atoms with van der Waals surface area (Å²) in [4.78, 5) is 24.9. The average molecular weight is 567 g/mol. The van der Waals surface area contributed by atoms with E-state index < -0.39 is 0 Å². The van der Waals surface area contributed by atoms with Gasteiger partial charge in [0, 0.05) is 11.3 Å². The van der Waals surface area contributed by atoms with Gasteiger partial charge in [-0.15, -0.1) is 0 Å². The van der Waals surface area contributed by atoms with Crippen LogP contribution in [0.25, 0.3) is 5.69 Å². The van der Waals surface area contributed by atoms with E-state index in [-0.39, 0.29) is 12.0 Å². The maximum atomic E-state index is 12.3. The lowest BCUT2D eigenvalue weighted by atomic mass is 9.92. The van der Waals surface area contributed by atoms with Crippen LogP contribution in [-0.4, -0.2) is 34.5 Å². The molecular formula is C35H30N6O2. The van der Waals surface area contributed by atoms with Crippen LogP contribution in [0.5, 0.6) is 0 Å². The van der Waals surface area contributed by atoms with E-state index in [1.807, 2.05) is 84.4 Å². The van der Waals surface area contributed by atoms with Gasteiger partial charge in [-0.05, 0) is 86.0 Å². The number of nitrogens with one attached hydrogen (secondary N) is 1. The monoisotopic (exact) mass is 566 g/mol. The fourth-order valence-electron chi connectivity index (χ4n) is 5.97. The van der Waals surface area contributed by atoms with E-state index in [0.29, 0.717) is 17.2 Å². The molecule has 7 rings (SSSR count). The number of carbonyl (C=O) groups is 1. The van der Waals surface area contributed by atoms with Gasteiger partial charge >= 0.3 is 5.97 Å². The number of hydrogen-bond acceptors (Lipinski definition) is 7. The predicted molar refractivity (Wildman–Crippen MR) is 171 cm³/mol. The molecule has 1 aromatic heterocycles. The van der Waals surface area contributed by atoms with Crippen LogP contribution in [0.4, 0.5) is 22.9 Å². The SMILES string of the molecule is COC(=O)c1ccc([C@@H]2c3c(C)nn(-c4ccccc4)c3N=C3C(Nc4cc(C)cc(C)c4)=Nc4ccccc4N32)cc1. The molecule has 2 aliphatic heterocycles. The second-order valence-corrected chi connectivity index (χ2v) is 10.8. The lowest BCUT2D eigenvalue weighted by molar-refractivity contribution is 0.0600. The number of para-hydroxylation sites is 3. The van der Waals surface area contributed by atoms with Crippen LogP contribution in [0.3, 0.4) is 0 Å². The van der Waals surface area contributed by atoms with E-state index in [2.05, 4.69) is 48.3 Å². The number of amidine groups is 2. The van der Waals surface area contributed by atoms with Crippen molar-refractivity contribution < 1.29 is 9.53 Å². The van der Waals surface area contributed by atoms with Gasteiger partial charge in [-0.1, -0.05) is 48.5 Å². The number of nitrogens with zero attached hydrogens (tertiary/aromatic N) is 5. The highest BCUT2D eigenvalue weighted by Crippen LogP contribution is 2.48. The van der Waals surface area contributed by atoms with E-state index in [4.69, 9.17) is 19.8 Å². The van der Waals surface area contributed by atoms with Crippen LogP contribution in [0.15, 0.2) is 107 Å². The van der Waals surface area contributed by atoms with E-state index in [1.54, 1.807) is 0 Å². The summed E-state index contributed by atoms with van der Waals surface area (Å²) in [6, 6.07) is 31.8. The quantitative estimate of drug-likeness (QED) is 0.230. The molecule has 0 bridgehead atoms. The van der Waals surface area contributed by atoms with Gasteiger partial charge in [-0.3, -0.25) is 0 Å². The Morgan fingerprint density at radius 1 is 0.837 bits per heavy atom. The average Bonchev–Trinajstić information content (AvgIpc) is 3.35. The van der Waals surface area contributed by atoms with Gasteiger partial charge in [0.25, 0.3) is 0 Å². The lowest BCUT2D eigenvalue weighted by Crippen LogP contribution is -2.46. The smallest absolute Gasteiger partial charge is 0.337 e. The number of aliphatic imine (C=N–C) groups is 2. The zero-order chi connectivity index (χ0) is 29.7. The highest BCUT2D eigenvalue weighted by molar-refractivity contribution is 6.51. The van der Waals surface area contributed by atoms with Crippen molar-refractivity contribution >= 4 is 40.5 Å². The number of aromatic nitrogens is 2. The number of carbonyl (C=O) groups excluding carboxylic acids is 1. The number of aryl methyl sites for hydroxylation is 3. The van der Waals surface area contributed by atoms with Gasteiger partial charge in [0.15, 0.2) is 17.5 Å². The minimum Gasteiger partial charge on any atom is -0.465 e. The molecule has 5 aromatic rings. The van der Waals surface area contributed by atoms with Crippen LogP contribution < -0.4 is 10.2 Å². The highest BCUT2D eigenvalue weighted by atomic mass is 16.5. The number of hydrogen-bond donors (Lipinski definition) is 1. The molecule has 0 amide bonds. The summed E-state index contributed by atoms with van der Waals surface area (Å²) in [6.07, 6.45) is 0. The van der Waals surface area contributed by atoms with Crippen molar-refractivity contribution in [1.29, 1.82) is 0 Å². The van der Waals surface area contributed by atoms with Crippen molar-refractivity contribution in [1.82, 2.24) is 9.78 Å². The minimum absolute atomic E-state index is 0.292. The van der Waals surface area contributed by atoms with Gasteiger partial charge in [-0.25, -0.2) is 19.5 Å². The van der Waals surface area contributed by atoms with Crippen molar-refractivity contribution in [2.24, 2.45) is 9.98 Å². The second kappa shape index (κ2) is 10.4. The van der Waals surface area contributed by atoms with E-state index in [1.165, 1.54) is 7.11 Å². The molecule has 0 spiro atoms. The molecular weight excluding hydrogens is 536 g/mol. The number of ether oxygens (including phenoxy) is 1. The summed E-state index contributed by atoms with van der Waals surface area (Å²) in [6.45, 7) is 6.19. The molecule has 2 aliphatic rings. The fourth-order valence-corrected chi connectivity index (χ4v) is 5.97. The minimum atomic E-state index is -0.374. The Kier molecular flexibility index (Phi) is 6.39. The Morgan fingerprint density at radius 3 is 2.26 bits per heavy atom. The molecule has 0 aliphatic carbocycles. The Hall–Kier alpha value is -5.50. The van der Waals surface area contributed by atoms with Crippen LogP contribution in [0.2, 0.25) is 0 Å². The Labute approximate surface area is 250 Å². The van der Waals surface area contributed by atoms with E-state index in [9.17, 15) is 4.79 Å². The summed E-state index contributed by atoms with van der Waals surface area (Å²) in [7, 11) is 1.39. The molecule has 3 heterocycles. The zero-order valence-electron chi connectivity index (χ0n) is 24.4. The number of esters is 1. The highest BCUT2D eigenvalue weighted by Gasteiger charge is 2.41. The summed E-state index contributed by atoms with van der Waals surface area (Å²) in [5, 5.41) is 8.58. The third kappa shape index (κ3) is 4.57. The number of rotatable bonds is 4. The summed E-state index contributed by atoms with van der Waals surface area (Å²) < 4.78 is 6.87. The normalized spacial score (nSPS) is 15.1. The number of benzene rings is 4. The molecule has 0 fully saturated rings. The molecule has 1 atom stereocenters. The lowest BCUT2D eigenvalue weighted by Gasteiger charge is -2.40. The summed E-state index contributed by atoms with van der Waals surface area (Å²) >= 11 is 0. The second-order valence-electron chi connectivity index (χ2n) is 10.8. The van der Waals surface area contributed by atoms with Crippen molar-refractivity contribution in [3.63, 3.8) is 0 Å². The third-order valence-electron chi connectivity index (χ3n) is 7.77. The van der Waals surface area contributed by atoms with Gasteiger partial charge in [-0.2, -0.15) is 5.10 Å². The fraction of sp³-hybridized carbons (Fsp3) is 0.143. The maximum absolute atomic E-state index is 12.3. The van der Waals surface area contributed by atoms with Crippen molar-refractivity contribution in [3.05, 3.63) is 131 Å². The molecule has 8 heteroatoms. The number of methoxy groups -OCH3 is 1. The van der Waals surface area contributed by atoms with Gasteiger partial charge in [0.2, 0.25) is 0 Å². The maximum Gasteiger partial charge on any atom is 0.337 e. The topological polar surface area (TPSA) is 84.1 Å². The predicted octanol–water partition coefficient (Wildman–Crippen LogP) is 7.38. The molecule has 1 N–H and O–H groups in total. The van der Waals surface area contributed by atoms with Crippen LogP contribution in [0.1, 0.15) is 44.3 Å². The van der Waals surface area contributed by atoms with E-state index >= 15 is 0 Å². The van der Waals surface area contributed by atoms with Crippen molar-refractivity contribution in [3.8, 4) is 5.69 Å². The molecule has 0 radical (unpaired) electrons. The van der Waals surface area contributed by atoms with Gasteiger partial charge < -0.3 is 15.0 Å². The molecule has 0 unspecified atom stereocenters. The van der Waals surface area contributed by atoms with Crippen molar-refractivity contribution in [2.45, 2.75) is 26.8 Å². The molecule has 8 nitrogen and oxygen atoms in total. The van der Waals surface area contributed by atoms with Crippen LogP contribution >= 0.6 is 0 Å². The summed E-state index contributed by atoms with van der Waals surface area (Å²) in [5.41, 5.74) is 9.28. The number of fused-ring (bicyclic) bond motifs is 4. The Balaban J connectivity index is 1.47. The third-order valence-corrected chi connectivity index (χ3v) is 7.77. The standard InChI is InChI=1S/C35H30N6O2/c1-21-18-22(2)20-26(19-21)36-32-34-38-33-30(23(3)39-41(33)27-10-6-5-7-11-27)31(24-14-16-25(17-15-24)35(42)43-4)40(34)29-13-9-8-12-28(29)37-32/h5-20,31H,1-4H3,(H,36,37)/t31-/m1/s1. The first kappa shape index (κ1) is 26.4. The van der Waals surface area contributed by atoms with Gasteiger partial charge in [0.05, 0.1) is 41.5 Å². The van der Waals surface area contributed by atoms with Crippen LogP contribution in [0, 0.1) is 20.8 Å².